The van der Waals surface area contributed by atoms with Crippen LogP contribution in [0.5, 0.6) is 5.75 Å². The molecule has 9 heteroatoms. The summed E-state index contributed by atoms with van der Waals surface area (Å²) in [5.74, 6) is 1.22. The summed E-state index contributed by atoms with van der Waals surface area (Å²) in [5.41, 5.74) is 1.63. The fourth-order valence-electron chi connectivity index (χ4n) is 3.19. The lowest BCUT2D eigenvalue weighted by atomic mass is 9.93. The fourth-order valence-corrected chi connectivity index (χ4v) is 3.19. The second kappa shape index (κ2) is 8.12. The van der Waals surface area contributed by atoms with Crippen LogP contribution in [0.4, 0.5) is 4.79 Å². The third-order valence-corrected chi connectivity index (χ3v) is 4.52. The molecule has 1 aromatic heterocycles. The standard InChI is InChI=1S/C19H23N5O4/c1-5-24(10-15-21-12(3)28-23-15)18(25)16-11(2)20-19(26)22-17(16)13-8-6-7-9-14(13)27-4/h6-9,17H,5,10H2,1-4H3,(H2,20,22,26)/t17-/m0/s1. The fraction of sp³-hybridized carbons (Fsp3) is 0.368. The summed E-state index contributed by atoms with van der Waals surface area (Å²) in [6.07, 6.45) is 0. The Bertz CT molecular complexity index is 921. The van der Waals surface area contributed by atoms with Crippen molar-refractivity contribution in [1.82, 2.24) is 25.7 Å². The van der Waals surface area contributed by atoms with Crippen molar-refractivity contribution >= 4 is 11.9 Å². The molecule has 0 saturated carbocycles. The number of rotatable bonds is 6. The molecular weight excluding hydrogens is 362 g/mol. The highest BCUT2D eigenvalue weighted by atomic mass is 16.5. The van der Waals surface area contributed by atoms with Crippen molar-refractivity contribution in [2.24, 2.45) is 0 Å². The minimum atomic E-state index is -0.640. The molecule has 0 saturated heterocycles. The predicted molar refractivity (Wildman–Crippen MR) is 100 cm³/mol. The average molecular weight is 385 g/mol. The Morgan fingerprint density at radius 2 is 2.07 bits per heavy atom. The third-order valence-electron chi connectivity index (χ3n) is 4.52. The first-order valence-corrected chi connectivity index (χ1v) is 8.94. The number of hydrogen-bond acceptors (Lipinski definition) is 6. The molecule has 1 atom stereocenters. The Balaban J connectivity index is 1.98. The van der Waals surface area contributed by atoms with Crippen molar-refractivity contribution in [2.45, 2.75) is 33.4 Å². The van der Waals surface area contributed by atoms with Crippen LogP contribution in [0.15, 0.2) is 40.1 Å². The number of allylic oxidation sites excluding steroid dienone is 1. The molecule has 28 heavy (non-hydrogen) atoms. The number of aryl methyl sites for hydroxylation is 1. The number of para-hydroxylation sites is 1. The van der Waals surface area contributed by atoms with Crippen molar-refractivity contribution in [3.8, 4) is 5.75 Å². The highest BCUT2D eigenvalue weighted by molar-refractivity contribution is 5.98. The molecule has 148 valence electrons. The van der Waals surface area contributed by atoms with Gasteiger partial charge in [-0.2, -0.15) is 4.98 Å². The lowest BCUT2D eigenvalue weighted by molar-refractivity contribution is -0.128. The zero-order valence-electron chi connectivity index (χ0n) is 16.3. The summed E-state index contributed by atoms with van der Waals surface area (Å²) in [4.78, 5) is 31.3. The maximum absolute atomic E-state index is 13.4. The molecule has 9 nitrogen and oxygen atoms in total. The third kappa shape index (κ3) is 3.83. The van der Waals surface area contributed by atoms with Crippen LogP contribution in [0.25, 0.3) is 0 Å². The second-order valence-electron chi connectivity index (χ2n) is 6.36. The largest absolute Gasteiger partial charge is 0.496 e. The van der Waals surface area contributed by atoms with E-state index in [-0.39, 0.29) is 18.5 Å². The Morgan fingerprint density at radius 3 is 2.71 bits per heavy atom. The van der Waals surface area contributed by atoms with Crippen LogP contribution < -0.4 is 15.4 Å². The summed E-state index contributed by atoms with van der Waals surface area (Å²) < 4.78 is 10.4. The molecule has 0 spiro atoms. The van der Waals surface area contributed by atoms with Gasteiger partial charge in [-0.1, -0.05) is 23.4 Å². The van der Waals surface area contributed by atoms with Crippen molar-refractivity contribution in [2.75, 3.05) is 13.7 Å². The normalized spacial score (nSPS) is 16.4. The van der Waals surface area contributed by atoms with Crippen LogP contribution in [0.3, 0.4) is 0 Å². The molecule has 0 radical (unpaired) electrons. The lowest BCUT2D eigenvalue weighted by Crippen LogP contribution is -2.47. The minimum Gasteiger partial charge on any atom is -0.496 e. The van der Waals surface area contributed by atoms with Crippen molar-refractivity contribution < 1.29 is 18.8 Å². The molecule has 0 aliphatic carbocycles. The van der Waals surface area contributed by atoms with Gasteiger partial charge in [-0.3, -0.25) is 4.79 Å². The predicted octanol–water partition coefficient (Wildman–Crippen LogP) is 2.06. The first-order chi connectivity index (χ1) is 13.4. The minimum absolute atomic E-state index is 0.204. The number of urea groups is 1. The van der Waals surface area contributed by atoms with Gasteiger partial charge in [-0.15, -0.1) is 0 Å². The van der Waals surface area contributed by atoms with Crippen LogP contribution in [-0.4, -0.2) is 40.6 Å². The second-order valence-corrected chi connectivity index (χ2v) is 6.36. The van der Waals surface area contributed by atoms with Gasteiger partial charge in [0.1, 0.15) is 5.75 Å². The van der Waals surface area contributed by atoms with Gasteiger partial charge in [-0.25, -0.2) is 4.79 Å². The van der Waals surface area contributed by atoms with E-state index in [0.29, 0.717) is 40.8 Å². The number of hydrogen-bond donors (Lipinski definition) is 2. The van der Waals surface area contributed by atoms with Crippen LogP contribution >= 0.6 is 0 Å². The molecule has 1 aromatic carbocycles. The SMILES string of the molecule is CCN(Cc1noc(C)n1)C(=O)C1=C(C)NC(=O)N[C@H]1c1ccccc1OC. The number of methoxy groups -OCH3 is 1. The average Bonchev–Trinajstić information content (AvgIpc) is 3.09. The number of carbonyl (C=O) groups is 2. The van der Waals surface area contributed by atoms with Gasteiger partial charge in [0, 0.05) is 24.7 Å². The number of nitrogens with zero attached hydrogens (tertiary/aromatic N) is 3. The molecule has 0 bridgehead atoms. The monoisotopic (exact) mass is 385 g/mol. The summed E-state index contributed by atoms with van der Waals surface area (Å²) >= 11 is 0. The Morgan fingerprint density at radius 1 is 1.32 bits per heavy atom. The van der Waals surface area contributed by atoms with Crippen molar-refractivity contribution in [3.05, 3.63) is 52.8 Å². The van der Waals surface area contributed by atoms with E-state index in [1.54, 1.807) is 31.9 Å². The zero-order chi connectivity index (χ0) is 20.3. The first kappa shape index (κ1) is 19.4. The van der Waals surface area contributed by atoms with Crippen LogP contribution in [0.1, 0.15) is 37.2 Å². The number of benzene rings is 1. The smallest absolute Gasteiger partial charge is 0.319 e. The number of carbonyl (C=O) groups excluding carboxylic acids is 2. The maximum atomic E-state index is 13.4. The van der Waals surface area contributed by atoms with E-state index in [0.717, 1.165) is 0 Å². The van der Waals surface area contributed by atoms with Crippen LogP contribution in [-0.2, 0) is 11.3 Å². The molecule has 3 amide bonds. The van der Waals surface area contributed by atoms with Gasteiger partial charge in [-0.05, 0) is 19.9 Å². The van der Waals surface area contributed by atoms with Gasteiger partial charge >= 0.3 is 6.03 Å². The van der Waals surface area contributed by atoms with Gasteiger partial charge in [0.15, 0.2) is 5.82 Å². The first-order valence-electron chi connectivity index (χ1n) is 8.94. The summed E-state index contributed by atoms with van der Waals surface area (Å²) in [5, 5.41) is 9.38. The summed E-state index contributed by atoms with van der Waals surface area (Å²) in [6, 6.07) is 6.28. The molecule has 2 N–H and O–H groups in total. The van der Waals surface area contributed by atoms with E-state index in [4.69, 9.17) is 9.26 Å². The zero-order valence-corrected chi connectivity index (χ0v) is 16.3. The molecule has 0 unspecified atom stereocenters. The highest BCUT2D eigenvalue weighted by Crippen LogP contribution is 2.33. The van der Waals surface area contributed by atoms with Crippen LogP contribution in [0, 0.1) is 6.92 Å². The van der Waals surface area contributed by atoms with Crippen molar-refractivity contribution in [1.29, 1.82) is 0 Å². The van der Waals surface area contributed by atoms with Gasteiger partial charge in [0.2, 0.25) is 5.89 Å². The van der Waals surface area contributed by atoms with Crippen LogP contribution in [0.2, 0.25) is 0 Å². The Labute approximate surface area is 162 Å². The van der Waals surface area contributed by atoms with Gasteiger partial charge in [0.25, 0.3) is 5.91 Å². The molecule has 0 fully saturated rings. The molecule has 1 aliphatic rings. The maximum Gasteiger partial charge on any atom is 0.319 e. The Kier molecular flexibility index (Phi) is 5.62. The molecule has 3 rings (SSSR count). The molecule has 2 aromatic rings. The lowest BCUT2D eigenvalue weighted by Gasteiger charge is -2.32. The Hall–Kier alpha value is -3.36. The van der Waals surface area contributed by atoms with E-state index in [1.807, 2.05) is 25.1 Å². The van der Waals surface area contributed by atoms with Gasteiger partial charge < -0.3 is 24.8 Å². The van der Waals surface area contributed by atoms with Gasteiger partial charge in [0.05, 0.1) is 25.3 Å². The number of nitrogens with one attached hydrogen (secondary N) is 2. The topological polar surface area (TPSA) is 110 Å². The summed E-state index contributed by atoms with van der Waals surface area (Å²) in [7, 11) is 1.55. The van der Waals surface area contributed by atoms with Crippen molar-refractivity contribution in [3.63, 3.8) is 0 Å². The number of likely N-dealkylation sites (N-methyl/N-ethyl adjacent to an activating group) is 1. The highest BCUT2D eigenvalue weighted by Gasteiger charge is 2.35. The quantitative estimate of drug-likeness (QED) is 0.788. The summed E-state index contributed by atoms with van der Waals surface area (Å²) in [6.45, 7) is 5.92. The molecule has 2 heterocycles. The number of amides is 3. The molecular formula is C19H23N5O4. The van der Waals surface area contributed by atoms with E-state index in [9.17, 15) is 9.59 Å². The van der Waals surface area contributed by atoms with E-state index >= 15 is 0 Å². The number of aromatic nitrogens is 2. The van der Waals surface area contributed by atoms with E-state index in [2.05, 4.69) is 20.8 Å². The molecule has 1 aliphatic heterocycles. The van der Waals surface area contributed by atoms with E-state index in [1.165, 1.54) is 0 Å². The number of ether oxygens (including phenoxy) is 1. The van der Waals surface area contributed by atoms with E-state index < -0.39 is 6.04 Å².